The highest BCUT2D eigenvalue weighted by Gasteiger charge is 2.33. The van der Waals surface area contributed by atoms with Gasteiger partial charge in [0.1, 0.15) is 18.4 Å². The lowest BCUT2D eigenvalue weighted by Crippen LogP contribution is -2.49. The number of ether oxygens (including phenoxy) is 1. The number of amides is 1. The van der Waals surface area contributed by atoms with Crippen molar-refractivity contribution in [3.63, 3.8) is 0 Å². The third-order valence-electron chi connectivity index (χ3n) is 5.55. The van der Waals surface area contributed by atoms with Gasteiger partial charge >= 0.3 is 5.97 Å². The molecule has 0 bridgehead atoms. The molecule has 4 aromatic rings. The molecule has 1 amide bonds. The quantitative estimate of drug-likeness (QED) is 0.414. The highest BCUT2D eigenvalue weighted by Crippen LogP contribution is 2.31. The molecule has 34 heavy (non-hydrogen) atoms. The van der Waals surface area contributed by atoms with Gasteiger partial charge < -0.3 is 15.2 Å². The molecule has 3 aromatic carbocycles. The standard InChI is InChI=1S/C27H27N3O4/c1-27(2,3)24(26(32)33)29-25(31)22-14-13-19-9-7-8-12-21(19)23(22)34-17-18-15-28-30(16-18)20-10-5-4-6-11-20/h4-16,24H,17H2,1-3H3,(H,29,31)(H,32,33). The lowest BCUT2D eigenvalue weighted by atomic mass is 9.86. The number of carboxylic acids is 1. The summed E-state index contributed by atoms with van der Waals surface area (Å²) in [6, 6.07) is 19.8. The van der Waals surface area contributed by atoms with Crippen LogP contribution in [0.25, 0.3) is 16.5 Å². The largest absolute Gasteiger partial charge is 0.487 e. The Morgan fingerprint density at radius 3 is 2.44 bits per heavy atom. The van der Waals surface area contributed by atoms with Gasteiger partial charge in [-0.15, -0.1) is 0 Å². The van der Waals surface area contributed by atoms with E-state index < -0.39 is 23.3 Å². The molecule has 7 nitrogen and oxygen atoms in total. The molecule has 1 unspecified atom stereocenters. The molecular formula is C27H27N3O4. The molecule has 174 valence electrons. The molecule has 0 fully saturated rings. The Labute approximate surface area is 198 Å². The number of nitrogens with one attached hydrogen (secondary N) is 1. The van der Waals surface area contributed by atoms with Crippen molar-refractivity contribution in [3.8, 4) is 11.4 Å². The number of hydrogen-bond acceptors (Lipinski definition) is 4. The zero-order chi connectivity index (χ0) is 24.3. The van der Waals surface area contributed by atoms with Gasteiger partial charge in [0.2, 0.25) is 0 Å². The van der Waals surface area contributed by atoms with Crippen LogP contribution >= 0.6 is 0 Å². The van der Waals surface area contributed by atoms with Gasteiger partial charge in [0.25, 0.3) is 5.91 Å². The first-order valence-corrected chi connectivity index (χ1v) is 11.0. The van der Waals surface area contributed by atoms with Crippen molar-refractivity contribution in [2.24, 2.45) is 5.41 Å². The van der Waals surface area contributed by atoms with Crippen LogP contribution in [0, 0.1) is 5.41 Å². The van der Waals surface area contributed by atoms with Crippen molar-refractivity contribution in [1.82, 2.24) is 15.1 Å². The van der Waals surface area contributed by atoms with Gasteiger partial charge in [0.05, 0.1) is 17.4 Å². The first kappa shape index (κ1) is 23.0. The second-order valence-corrected chi connectivity index (χ2v) is 9.19. The van der Waals surface area contributed by atoms with Crippen LogP contribution in [0.3, 0.4) is 0 Å². The van der Waals surface area contributed by atoms with Gasteiger partial charge in [-0.25, -0.2) is 9.48 Å². The highest BCUT2D eigenvalue weighted by molar-refractivity contribution is 6.05. The summed E-state index contributed by atoms with van der Waals surface area (Å²) >= 11 is 0. The number of rotatable bonds is 7. The van der Waals surface area contributed by atoms with E-state index in [-0.39, 0.29) is 12.2 Å². The van der Waals surface area contributed by atoms with Crippen LogP contribution in [0.5, 0.6) is 5.75 Å². The summed E-state index contributed by atoms with van der Waals surface area (Å²) in [6.45, 7) is 5.51. The molecule has 0 aliphatic heterocycles. The van der Waals surface area contributed by atoms with E-state index in [9.17, 15) is 14.7 Å². The molecule has 0 spiro atoms. The zero-order valence-corrected chi connectivity index (χ0v) is 19.4. The molecule has 7 heteroatoms. The van der Waals surface area contributed by atoms with Crippen molar-refractivity contribution in [2.75, 3.05) is 0 Å². The summed E-state index contributed by atoms with van der Waals surface area (Å²) in [4.78, 5) is 25.0. The van der Waals surface area contributed by atoms with Gasteiger partial charge in [-0.1, -0.05) is 69.3 Å². The first-order chi connectivity index (χ1) is 16.2. The van der Waals surface area contributed by atoms with E-state index in [1.165, 1.54) is 0 Å². The number of fused-ring (bicyclic) bond motifs is 1. The number of hydrogen-bond donors (Lipinski definition) is 2. The van der Waals surface area contributed by atoms with E-state index in [1.54, 1.807) is 37.7 Å². The Morgan fingerprint density at radius 2 is 1.74 bits per heavy atom. The summed E-state index contributed by atoms with van der Waals surface area (Å²) in [7, 11) is 0. The average molecular weight is 458 g/mol. The number of carbonyl (C=O) groups is 2. The topological polar surface area (TPSA) is 93.5 Å². The smallest absolute Gasteiger partial charge is 0.326 e. The molecule has 0 aliphatic rings. The van der Waals surface area contributed by atoms with Gasteiger partial charge in [0, 0.05) is 17.1 Å². The fraction of sp³-hybridized carbons (Fsp3) is 0.222. The summed E-state index contributed by atoms with van der Waals surface area (Å²) in [5.74, 6) is -1.18. The predicted octanol–water partition coefficient (Wildman–Crippen LogP) is 4.83. The lowest BCUT2D eigenvalue weighted by Gasteiger charge is -2.28. The van der Waals surface area contributed by atoms with Crippen LogP contribution in [-0.2, 0) is 11.4 Å². The van der Waals surface area contributed by atoms with E-state index in [0.29, 0.717) is 5.75 Å². The predicted molar refractivity (Wildman–Crippen MR) is 130 cm³/mol. The molecule has 1 heterocycles. The van der Waals surface area contributed by atoms with Crippen molar-refractivity contribution in [1.29, 1.82) is 0 Å². The Morgan fingerprint density at radius 1 is 1.03 bits per heavy atom. The number of para-hydroxylation sites is 1. The van der Waals surface area contributed by atoms with Crippen LogP contribution in [0.4, 0.5) is 0 Å². The second kappa shape index (κ2) is 9.39. The van der Waals surface area contributed by atoms with Crippen molar-refractivity contribution >= 4 is 22.6 Å². The number of carbonyl (C=O) groups excluding carboxylic acids is 1. The first-order valence-electron chi connectivity index (χ1n) is 11.0. The Hall–Kier alpha value is -4.13. The molecule has 0 saturated heterocycles. The lowest BCUT2D eigenvalue weighted by molar-refractivity contribution is -0.142. The fourth-order valence-electron chi connectivity index (χ4n) is 3.75. The Kier molecular flexibility index (Phi) is 6.36. The van der Waals surface area contributed by atoms with E-state index in [0.717, 1.165) is 22.0 Å². The molecule has 1 atom stereocenters. The van der Waals surface area contributed by atoms with Crippen LogP contribution in [0.1, 0.15) is 36.7 Å². The van der Waals surface area contributed by atoms with Crippen molar-refractivity contribution in [3.05, 3.63) is 90.3 Å². The summed E-state index contributed by atoms with van der Waals surface area (Å²) in [5.41, 5.74) is 1.39. The Balaban J connectivity index is 1.64. The number of carboxylic acid groups (broad SMARTS) is 1. The molecule has 0 radical (unpaired) electrons. The average Bonchev–Trinajstić information content (AvgIpc) is 3.29. The van der Waals surface area contributed by atoms with Crippen LogP contribution in [0.15, 0.2) is 79.1 Å². The maximum Gasteiger partial charge on any atom is 0.326 e. The molecule has 1 aromatic heterocycles. The summed E-state index contributed by atoms with van der Waals surface area (Å²) in [5, 5.41) is 18.4. The van der Waals surface area contributed by atoms with Crippen LogP contribution < -0.4 is 10.1 Å². The van der Waals surface area contributed by atoms with E-state index in [1.807, 2.05) is 66.9 Å². The monoisotopic (exact) mass is 457 g/mol. The van der Waals surface area contributed by atoms with E-state index in [4.69, 9.17) is 4.74 Å². The maximum absolute atomic E-state index is 13.2. The normalized spacial score (nSPS) is 12.3. The van der Waals surface area contributed by atoms with Crippen LogP contribution in [-0.4, -0.2) is 32.8 Å². The van der Waals surface area contributed by atoms with Crippen molar-refractivity contribution < 1.29 is 19.4 Å². The minimum Gasteiger partial charge on any atom is -0.487 e. The Bertz CT molecular complexity index is 1320. The zero-order valence-electron chi connectivity index (χ0n) is 19.4. The number of benzene rings is 3. The molecule has 0 saturated carbocycles. The minimum absolute atomic E-state index is 0.197. The van der Waals surface area contributed by atoms with E-state index >= 15 is 0 Å². The fourth-order valence-corrected chi connectivity index (χ4v) is 3.75. The second-order valence-electron chi connectivity index (χ2n) is 9.19. The SMILES string of the molecule is CC(C)(C)C(NC(=O)c1ccc2ccccc2c1OCc1cnn(-c2ccccc2)c1)C(=O)O. The van der Waals surface area contributed by atoms with E-state index in [2.05, 4.69) is 10.4 Å². The highest BCUT2D eigenvalue weighted by atomic mass is 16.5. The van der Waals surface area contributed by atoms with Gasteiger partial charge in [0.15, 0.2) is 0 Å². The van der Waals surface area contributed by atoms with Gasteiger partial charge in [-0.2, -0.15) is 5.10 Å². The third kappa shape index (κ3) is 4.93. The minimum atomic E-state index is -1.09. The third-order valence-corrected chi connectivity index (χ3v) is 5.55. The number of nitrogens with zero attached hydrogens (tertiary/aromatic N) is 2. The summed E-state index contributed by atoms with van der Waals surface area (Å²) in [6.07, 6.45) is 3.60. The van der Waals surface area contributed by atoms with Gasteiger partial charge in [-0.3, -0.25) is 4.79 Å². The number of aliphatic carboxylic acids is 1. The maximum atomic E-state index is 13.2. The summed E-state index contributed by atoms with van der Waals surface area (Å²) < 4.78 is 7.93. The number of aromatic nitrogens is 2. The van der Waals surface area contributed by atoms with Crippen molar-refractivity contribution in [2.45, 2.75) is 33.4 Å². The molecular weight excluding hydrogens is 430 g/mol. The van der Waals surface area contributed by atoms with Crippen LogP contribution in [0.2, 0.25) is 0 Å². The molecule has 2 N–H and O–H groups in total. The molecule has 0 aliphatic carbocycles. The molecule has 4 rings (SSSR count). The van der Waals surface area contributed by atoms with Gasteiger partial charge in [-0.05, 0) is 29.0 Å².